The van der Waals surface area contributed by atoms with Crippen LogP contribution in [0.25, 0.3) is 0 Å². The molecule has 2 rings (SSSR count). The first-order chi connectivity index (χ1) is 8.74. The van der Waals surface area contributed by atoms with Crippen LogP contribution in [0.1, 0.15) is 32.1 Å². The van der Waals surface area contributed by atoms with Gasteiger partial charge in [0.05, 0.1) is 0 Å². The number of hydrogen-bond donors (Lipinski definition) is 1. The van der Waals surface area contributed by atoms with Crippen molar-refractivity contribution < 1.29 is 0 Å². The molecule has 0 radical (unpaired) electrons. The van der Waals surface area contributed by atoms with Crippen LogP contribution in [-0.2, 0) is 0 Å². The van der Waals surface area contributed by atoms with Gasteiger partial charge in [0, 0.05) is 33.3 Å². The van der Waals surface area contributed by atoms with Crippen molar-refractivity contribution in [3.05, 3.63) is 28.2 Å². The van der Waals surface area contributed by atoms with Gasteiger partial charge >= 0.3 is 0 Å². The summed E-state index contributed by atoms with van der Waals surface area (Å²) in [4.78, 5) is 1.15. The van der Waals surface area contributed by atoms with Gasteiger partial charge in [0.1, 0.15) is 0 Å². The van der Waals surface area contributed by atoms with E-state index in [2.05, 4.69) is 5.32 Å². The van der Waals surface area contributed by atoms with Crippen molar-refractivity contribution in [2.24, 2.45) is 0 Å². The Labute approximate surface area is 124 Å². The minimum Gasteiger partial charge on any atom is -0.313 e. The summed E-state index contributed by atoms with van der Waals surface area (Å²) in [5, 5.41) is 5.06. The number of thioether (sulfide) groups is 1. The minimum absolute atomic E-state index is 0.713. The van der Waals surface area contributed by atoms with E-state index in [0.717, 1.165) is 23.2 Å². The van der Waals surface area contributed by atoms with Crippen molar-refractivity contribution in [1.82, 2.24) is 5.32 Å². The summed E-state index contributed by atoms with van der Waals surface area (Å²) in [7, 11) is 0. The van der Waals surface area contributed by atoms with Crippen molar-refractivity contribution in [2.75, 3.05) is 12.3 Å². The highest BCUT2D eigenvalue weighted by Gasteiger charge is 2.11. The topological polar surface area (TPSA) is 12.0 Å². The van der Waals surface area contributed by atoms with Crippen LogP contribution in [0.3, 0.4) is 0 Å². The molecular formula is C14H19Cl2NS. The zero-order valence-corrected chi connectivity index (χ0v) is 12.8. The minimum atomic E-state index is 0.713. The van der Waals surface area contributed by atoms with Crippen LogP contribution < -0.4 is 5.32 Å². The molecule has 0 amide bonds. The average Bonchev–Trinajstić information content (AvgIpc) is 2.35. The molecule has 0 bridgehead atoms. The number of halogens is 2. The Kier molecular flexibility index (Phi) is 6.16. The zero-order valence-electron chi connectivity index (χ0n) is 10.4. The molecule has 1 N–H and O–H groups in total. The van der Waals surface area contributed by atoms with Gasteiger partial charge in [-0.1, -0.05) is 42.5 Å². The highest BCUT2D eigenvalue weighted by atomic mass is 35.5. The van der Waals surface area contributed by atoms with E-state index < -0.39 is 0 Å². The normalized spacial score (nSPS) is 17.0. The third kappa shape index (κ3) is 5.00. The smallest absolute Gasteiger partial charge is 0.0431 e. The van der Waals surface area contributed by atoms with Crippen molar-refractivity contribution in [3.8, 4) is 0 Å². The van der Waals surface area contributed by atoms with Crippen LogP contribution in [0, 0.1) is 0 Å². The lowest BCUT2D eigenvalue weighted by atomic mass is 9.96. The van der Waals surface area contributed by atoms with E-state index in [-0.39, 0.29) is 0 Å². The molecule has 0 unspecified atom stereocenters. The lowest BCUT2D eigenvalue weighted by Crippen LogP contribution is -2.32. The largest absolute Gasteiger partial charge is 0.313 e. The summed E-state index contributed by atoms with van der Waals surface area (Å²) in [5.74, 6) is 1.06. The zero-order chi connectivity index (χ0) is 12.8. The Hall–Kier alpha value is 0.110. The van der Waals surface area contributed by atoms with E-state index in [9.17, 15) is 0 Å². The molecule has 4 heteroatoms. The summed E-state index contributed by atoms with van der Waals surface area (Å²) in [5.41, 5.74) is 0. The maximum absolute atomic E-state index is 5.97. The Bertz CT molecular complexity index is 358. The monoisotopic (exact) mass is 303 g/mol. The van der Waals surface area contributed by atoms with Crippen LogP contribution in [0.15, 0.2) is 23.1 Å². The van der Waals surface area contributed by atoms with Gasteiger partial charge in [-0.15, -0.1) is 11.8 Å². The van der Waals surface area contributed by atoms with E-state index in [1.54, 1.807) is 17.8 Å². The van der Waals surface area contributed by atoms with Crippen molar-refractivity contribution >= 4 is 35.0 Å². The first-order valence-electron chi connectivity index (χ1n) is 6.56. The van der Waals surface area contributed by atoms with Gasteiger partial charge in [0.2, 0.25) is 0 Å². The first-order valence-corrected chi connectivity index (χ1v) is 8.30. The van der Waals surface area contributed by atoms with Gasteiger partial charge in [0.15, 0.2) is 0 Å². The highest BCUT2D eigenvalue weighted by molar-refractivity contribution is 7.99. The molecule has 100 valence electrons. The van der Waals surface area contributed by atoms with Crippen LogP contribution in [0.2, 0.25) is 10.0 Å². The Morgan fingerprint density at radius 2 is 1.72 bits per heavy atom. The standard InChI is InChI=1S/C14H19Cl2NS/c15-11-8-12(16)10-14(9-11)18-7-6-17-13-4-2-1-3-5-13/h8-10,13,17H,1-7H2. The van der Waals surface area contributed by atoms with E-state index in [1.807, 2.05) is 12.1 Å². The summed E-state index contributed by atoms with van der Waals surface area (Å²) < 4.78 is 0. The number of nitrogens with one attached hydrogen (secondary N) is 1. The van der Waals surface area contributed by atoms with Gasteiger partial charge < -0.3 is 5.32 Å². The summed E-state index contributed by atoms with van der Waals surface area (Å²) in [6, 6.07) is 6.45. The van der Waals surface area contributed by atoms with Gasteiger partial charge in [0.25, 0.3) is 0 Å². The van der Waals surface area contributed by atoms with E-state index in [0.29, 0.717) is 10.0 Å². The molecular weight excluding hydrogens is 285 g/mol. The van der Waals surface area contributed by atoms with Crippen molar-refractivity contribution in [3.63, 3.8) is 0 Å². The molecule has 1 nitrogen and oxygen atoms in total. The van der Waals surface area contributed by atoms with Crippen LogP contribution in [0.4, 0.5) is 0 Å². The molecule has 0 spiro atoms. The fraction of sp³-hybridized carbons (Fsp3) is 0.571. The maximum Gasteiger partial charge on any atom is 0.0431 e. The molecule has 0 heterocycles. The molecule has 0 aliphatic heterocycles. The van der Waals surface area contributed by atoms with E-state index in [1.165, 1.54) is 32.1 Å². The number of rotatable bonds is 5. The molecule has 1 aliphatic carbocycles. The number of hydrogen-bond acceptors (Lipinski definition) is 2. The van der Waals surface area contributed by atoms with E-state index in [4.69, 9.17) is 23.2 Å². The molecule has 1 aromatic carbocycles. The van der Waals surface area contributed by atoms with Gasteiger partial charge in [-0.05, 0) is 31.0 Å². The SMILES string of the molecule is Clc1cc(Cl)cc(SCCNC2CCCCC2)c1. The third-order valence-electron chi connectivity index (χ3n) is 3.25. The predicted molar refractivity (Wildman–Crippen MR) is 82.1 cm³/mol. The van der Waals surface area contributed by atoms with Gasteiger partial charge in [-0.2, -0.15) is 0 Å². The maximum atomic E-state index is 5.97. The Balaban J connectivity index is 1.68. The molecule has 1 saturated carbocycles. The van der Waals surface area contributed by atoms with Crippen molar-refractivity contribution in [2.45, 2.75) is 43.0 Å². The summed E-state index contributed by atoms with van der Waals surface area (Å²) in [6.07, 6.45) is 6.86. The lowest BCUT2D eigenvalue weighted by Gasteiger charge is -2.22. The van der Waals surface area contributed by atoms with Crippen LogP contribution in [-0.4, -0.2) is 18.3 Å². The van der Waals surface area contributed by atoms with Crippen LogP contribution >= 0.6 is 35.0 Å². The molecule has 0 atom stereocenters. The third-order valence-corrected chi connectivity index (χ3v) is 4.66. The fourth-order valence-corrected chi connectivity index (χ4v) is 3.88. The lowest BCUT2D eigenvalue weighted by molar-refractivity contribution is 0.381. The summed E-state index contributed by atoms with van der Waals surface area (Å²) >= 11 is 13.7. The molecule has 0 saturated heterocycles. The Morgan fingerprint density at radius 3 is 2.39 bits per heavy atom. The second-order valence-corrected chi connectivity index (χ2v) is 6.78. The van der Waals surface area contributed by atoms with Crippen LogP contribution in [0.5, 0.6) is 0 Å². The highest BCUT2D eigenvalue weighted by Crippen LogP contribution is 2.26. The molecule has 1 aliphatic rings. The fourth-order valence-electron chi connectivity index (χ4n) is 2.35. The van der Waals surface area contributed by atoms with E-state index >= 15 is 0 Å². The average molecular weight is 304 g/mol. The summed E-state index contributed by atoms with van der Waals surface area (Å²) in [6.45, 7) is 1.06. The van der Waals surface area contributed by atoms with Gasteiger partial charge in [-0.25, -0.2) is 0 Å². The Morgan fingerprint density at radius 1 is 1.06 bits per heavy atom. The molecule has 1 aromatic rings. The predicted octanol–water partition coefficient (Wildman–Crippen LogP) is 5.01. The first kappa shape index (κ1) is 14.5. The van der Waals surface area contributed by atoms with Gasteiger partial charge in [-0.3, -0.25) is 0 Å². The molecule has 0 aromatic heterocycles. The quantitative estimate of drug-likeness (QED) is 0.606. The molecule has 1 fully saturated rings. The second-order valence-electron chi connectivity index (χ2n) is 4.74. The van der Waals surface area contributed by atoms with Crippen molar-refractivity contribution in [1.29, 1.82) is 0 Å². The number of benzene rings is 1. The second kappa shape index (κ2) is 7.64. The molecule has 18 heavy (non-hydrogen) atoms.